The van der Waals surface area contributed by atoms with Crippen LogP contribution in [0.25, 0.3) is 5.57 Å². The van der Waals surface area contributed by atoms with Gasteiger partial charge in [0, 0.05) is 5.92 Å². The van der Waals surface area contributed by atoms with Crippen LogP contribution < -0.4 is 0 Å². The molecule has 1 heteroatoms. The second-order valence-electron chi connectivity index (χ2n) is 4.93. The van der Waals surface area contributed by atoms with Gasteiger partial charge in [0.15, 0.2) is 5.78 Å². The summed E-state index contributed by atoms with van der Waals surface area (Å²) in [4.78, 5) is 12.1. The maximum atomic E-state index is 12.1. The smallest absolute Gasteiger partial charge is 0.159 e. The van der Waals surface area contributed by atoms with Crippen LogP contribution in [0, 0.1) is 5.92 Å². The van der Waals surface area contributed by atoms with Gasteiger partial charge in [0.2, 0.25) is 0 Å². The molecule has 1 aliphatic rings. The zero-order chi connectivity index (χ0) is 12.1. The van der Waals surface area contributed by atoms with Crippen LogP contribution in [0.3, 0.4) is 0 Å². The molecular weight excluding hydrogens is 208 g/mol. The maximum absolute atomic E-state index is 12.1. The quantitative estimate of drug-likeness (QED) is 0.707. The molecule has 1 nitrogen and oxygen atoms in total. The van der Waals surface area contributed by atoms with Crippen LogP contribution in [0.5, 0.6) is 0 Å². The van der Waals surface area contributed by atoms with Gasteiger partial charge >= 0.3 is 0 Å². The van der Waals surface area contributed by atoms with Gasteiger partial charge in [0.1, 0.15) is 0 Å². The number of hydrogen-bond donors (Lipinski definition) is 0. The largest absolute Gasteiger partial charge is 0.295 e. The fourth-order valence-corrected chi connectivity index (χ4v) is 2.50. The average molecular weight is 228 g/mol. The minimum absolute atomic E-state index is 0.280. The highest BCUT2D eigenvalue weighted by Gasteiger charge is 2.19. The molecule has 0 spiro atoms. The fraction of sp³-hybridized carbons (Fsp3) is 0.438. The Morgan fingerprint density at radius 2 is 1.76 bits per heavy atom. The lowest BCUT2D eigenvalue weighted by Crippen LogP contribution is -2.15. The van der Waals surface area contributed by atoms with Crippen molar-refractivity contribution in [2.24, 2.45) is 5.92 Å². The standard InChI is InChI=1S/C16H20O/c1-13(14-8-4-2-5-9-14)12-16(17)15-10-6-3-7-11-15/h2,4-5,8-9,12,15H,3,6-7,10-11H2,1H3/b13-12+. The Morgan fingerprint density at radius 1 is 1.12 bits per heavy atom. The van der Waals surface area contributed by atoms with E-state index in [9.17, 15) is 4.79 Å². The molecule has 1 aliphatic carbocycles. The molecule has 0 saturated heterocycles. The van der Waals surface area contributed by atoms with Gasteiger partial charge < -0.3 is 0 Å². The lowest BCUT2D eigenvalue weighted by molar-refractivity contribution is -0.119. The Balaban J connectivity index is 2.05. The molecule has 1 fully saturated rings. The van der Waals surface area contributed by atoms with Crippen LogP contribution in [0.1, 0.15) is 44.6 Å². The number of carbonyl (C=O) groups is 1. The Morgan fingerprint density at radius 3 is 2.41 bits per heavy atom. The molecule has 90 valence electrons. The third kappa shape index (κ3) is 3.29. The van der Waals surface area contributed by atoms with E-state index in [1.807, 2.05) is 31.2 Å². The molecule has 0 N–H and O–H groups in total. The molecule has 0 atom stereocenters. The van der Waals surface area contributed by atoms with E-state index < -0.39 is 0 Å². The normalized spacial score (nSPS) is 18.1. The van der Waals surface area contributed by atoms with Gasteiger partial charge in [-0.2, -0.15) is 0 Å². The lowest BCUT2D eigenvalue weighted by Gasteiger charge is -2.19. The highest BCUT2D eigenvalue weighted by molar-refractivity contribution is 5.98. The fourth-order valence-electron chi connectivity index (χ4n) is 2.50. The molecular formula is C16H20O. The highest BCUT2D eigenvalue weighted by Crippen LogP contribution is 2.25. The Bertz CT molecular complexity index is 397. The van der Waals surface area contributed by atoms with Crippen molar-refractivity contribution in [2.45, 2.75) is 39.0 Å². The van der Waals surface area contributed by atoms with E-state index in [0.717, 1.165) is 24.0 Å². The molecule has 0 aliphatic heterocycles. The SMILES string of the molecule is C/C(=C\C(=O)C1CCCCC1)c1ccccc1. The molecule has 17 heavy (non-hydrogen) atoms. The van der Waals surface area contributed by atoms with Crippen molar-refractivity contribution >= 4 is 11.4 Å². The summed E-state index contributed by atoms with van der Waals surface area (Å²) < 4.78 is 0. The van der Waals surface area contributed by atoms with Gasteiger partial charge in [-0.15, -0.1) is 0 Å². The van der Waals surface area contributed by atoms with Crippen LogP contribution in [0.2, 0.25) is 0 Å². The number of carbonyl (C=O) groups excluding carboxylic acids is 1. The molecule has 1 aromatic carbocycles. The van der Waals surface area contributed by atoms with E-state index in [4.69, 9.17) is 0 Å². The first-order valence-electron chi connectivity index (χ1n) is 6.55. The van der Waals surface area contributed by atoms with Crippen LogP contribution >= 0.6 is 0 Å². The minimum atomic E-state index is 0.280. The molecule has 0 aromatic heterocycles. The molecule has 0 bridgehead atoms. The average Bonchev–Trinajstić information content (AvgIpc) is 2.40. The van der Waals surface area contributed by atoms with Crippen molar-refractivity contribution < 1.29 is 4.79 Å². The predicted octanol–water partition coefficient (Wildman–Crippen LogP) is 4.24. The molecule has 0 radical (unpaired) electrons. The van der Waals surface area contributed by atoms with Gasteiger partial charge in [-0.05, 0) is 37.0 Å². The zero-order valence-corrected chi connectivity index (χ0v) is 10.5. The van der Waals surface area contributed by atoms with Gasteiger partial charge in [0.05, 0.1) is 0 Å². The number of allylic oxidation sites excluding steroid dienone is 2. The summed E-state index contributed by atoms with van der Waals surface area (Å²) in [5.74, 6) is 0.605. The number of rotatable bonds is 3. The first-order valence-corrected chi connectivity index (χ1v) is 6.55. The summed E-state index contributed by atoms with van der Waals surface area (Å²) in [7, 11) is 0. The summed E-state index contributed by atoms with van der Waals surface area (Å²) in [6.07, 6.45) is 7.73. The van der Waals surface area contributed by atoms with E-state index in [0.29, 0.717) is 5.78 Å². The van der Waals surface area contributed by atoms with Crippen LogP contribution in [0.15, 0.2) is 36.4 Å². The Hall–Kier alpha value is -1.37. The minimum Gasteiger partial charge on any atom is -0.295 e. The second-order valence-corrected chi connectivity index (χ2v) is 4.93. The summed E-state index contributed by atoms with van der Waals surface area (Å²) in [5.41, 5.74) is 2.23. The van der Waals surface area contributed by atoms with Crippen LogP contribution in [0.4, 0.5) is 0 Å². The van der Waals surface area contributed by atoms with Gasteiger partial charge in [-0.25, -0.2) is 0 Å². The molecule has 0 unspecified atom stereocenters. The Kier molecular flexibility index (Phi) is 4.13. The van der Waals surface area contributed by atoms with Crippen molar-refractivity contribution in [2.75, 3.05) is 0 Å². The lowest BCUT2D eigenvalue weighted by atomic mass is 9.85. The summed E-state index contributed by atoms with van der Waals surface area (Å²) in [6, 6.07) is 10.1. The van der Waals surface area contributed by atoms with E-state index >= 15 is 0 Å². The topological polar surface area (TPSA) is 17.1 Å². The molecule has 2 rings (SSSR count). The van der Waals surface area contributed by atoms with Gasteiger partial charge in [0.25, 0.3) is 0 Å². The maximum Gasteiger partial charge on any atom is 0.159 e. The van der Waals surface area contributed by atoms with Gasteiger partial charge in [-0.1, -0.05) is 49.6 Å². The van der Waals surface area contributed by atoms with Crippen molar-refractivity contribution in [3.05, 3.63) is 42.0 Å². The number of ketones is 1. The molecule has 1 saturated carbocycles. The molecule has 0 amide bonds. The first-order chi connectivity index (χ1) is 8.27. The van der Waals surface area contributed by atoms with Crippen molar-refractivity contribution in [3.8, 4) is 0 Å². The number of benzene rings is 1. The Labute approximate surface area is 104 Å². The van der Waals surface area contributed by atoms with E-state index in [1.54, 1.807) is 0 Å². The van der Waals surface area contributed by atoms with Gasteiger partial charge in [-0.3, -0.25) is 4.79 Å². The third-order valence-corrected chi connectivity index (χ3v) is 3.60. The van der Waals surface area contributed by atoms with Crippen LogP contribution in [-0.4, -0.2) is 5.78 Å². The monoisotopic (exact) mass is 228 g/mol. The van der Waals surface area contributed by atoms with E-state index in [-0.39, 0.29) is 5.92 Å². The molecule has 1 aromatic rings. The second kappa shape index (κ2) is 5.81. The summed E-state index contributed by atoms with van der Waals surface area (Å²) in [5, 5.41) is 0. The summed E-state index contributed by atoms with van der Waals surface area (Å²) >= 11 is 0. The van der Waals surface area contributed by atoms with Crippen molar-refractivity contribution in [1.82, 2.24) is 0 Å². The third-order valence-electron chi connectivity index (χ3n) is 3.60. The van der Waals surface area contributed by atoms with Crippen molar-refractivity contribution in [3.63, 3.8) is 0 Å². The van der Waals surface area contributed by atoms with E-state index in [1.165, 1.54) is 19.3 Å². The highest BCUT2D eigenvalue weighted by atomic mass is 16.1. The first kappa shape index (κ1) is 12.1. The molecule has 0 heterocycles. The van der Waals surface area contributed by atoms with Crippen LogP contribution in [-0.2, 0) is 4.79 Å². The van der Waals surface area contributed by atoms with E-state index in [2.05, 4.69) is 12.1 Å². The zero-order valence-electron chi connectivity index (χ0n) is 10.5. The van der Waals surface area contributed by atoms with Crippen molar-refractivity contribution in [1.29, 1.82) is 0 Å². The summed E-state index contributed by atoms with van der Waals surface area (Å²) in [6.45, 7) is 2.02. The number of hydrogen-bond acceptors (Lipinski definition) is 1. The predicted molar refractivity (Wildman–Crippen MR) is 71.7 cm³/mol.